The average Bonchev–Trinajstić information content (AvgIpc) is 2.60. The van der Waals surface area contributed by atoms with Gasteiger partial charge in [-0.2, -0.15) is 5.10 Å². The number of nitrogens with zero attached hydrogens (tertiary/aromatic N) is 2. The second kappa shape index (κ2) is 4.03. The molecule has 0 saturated carbocycles. The van der Waals surface area contributed by atoms with Crippen molar-refractivity contribution in [1.29, 1.82) is 0 Å². The van der Waals surface area contributed by atoms with Crippen molar-refractivity contribution in [3.05, 3.63) is 47.0 Å². The van der Waals surface area contributed by atoms with E-state index >= 15 is 0 Å². The van der Waals surface area contributed by atoms with Gasteiger partial charge in [-0.25, -0.2) is 9.07 Å². The molecule has 0 saturated heterocycles. The molecule has 78 valence electrons. The molecule has 2 rings (SSSR count). The maximum atomic E-state index is 13.4. The summed E-state index contributed by atoms with van der Waals surface area (Å²) in [6, 6.07) is 8.17. The van der Waals surface area contributed by atoms with Crippen LogP contribution in [0.15, 0.2) is 30.3 Å². The highest BCUT2D eigenvalue weighted by Gasteiger charge is 2.09. The van der Waals surface area contributed by atoms with Gasteiger partial charge in [-0.1, -0.05) is 30.7 Å². The number of benzene rings is 1. The molecule has 0 radical (unpaired) electrons. The summed E-state index contributed by atoms with van der Waals surface area (Å²) in [5.41, 5.74) is 1.23. The lowest BCUT2D eigenvalue weighted by atomic mass is 10.3. The molecule has 1 aromatic heterocycles. The minimum absolute atomic E-state index is 0.329. The molecule has 0 aliphatic rings. The first-order valence-corrected chi connectivity index (χ1v) is 5.09. The summed E-state index contributed by atoms with van der Waals surface area (Å²) < 4.78 is 14.9. The fourth-order valence-corrected chi connectivity index (χ4v) is 1.62. The van der Waals surface area contributed by atoms with Gasteiger partial charge in [-0.3, -0.25) is 0 Å². The van der Waals surface area contributed by atoms with Crippen molar-refractivity contribution in [2.45, 2.75) is 13.3 Å². The number of hydrogen-bond donors (Lipinski definition) is 0. The molecule has 0 aliphatic carbocycles. The molecule has 2 nitrogen and oxygen atoms in total. The number of para-hydroxylation sites is 1. The van der Waals surface area contributed by atoms with Gasteiger partial charge in [-0.05, 0) is 24.6 Å². The van der Waals surface area contributed by atoms with E-state index in [1.54, 1.807) is 24.3 Å². The lowest BCUT2D eigenvalue weighted by Gasteiger charge is -2.03. The van der Waals surface area contributed by atoms with Crippen LogP contribution in [0.5, 0.6) is 0 Å². The molecule has 2 aromatic rings. The van der Waals surface area contributed by atoms with E-state index in [1.807, 2.05) is 6.92 Å². The van der Waals surface area contributed by atoms with Gasteiger partial charge in [0.2, 0.25) is 0 Å². The molecule has 0 unspecified atom stereocenters. The van der Waals surface area contributed by atoms with Crippen LogP contribution in [0.2, 0.25) is 5.15 Å². The second-order valence-corrected chi connectivity index (χ2v) is 3.56. The number of hydrogen-bond acceptors (Lipinski definition) is 1. The van der Waals surface area contributed by atoms with Crippen molar-refractivity contribution >= 4 is 11.6 Å². The minimum Gasteiger partial charge on any atom is -0.219 e. The Kier molecular flexibility index (Phi) is 2.73. The monoisotopic (exact) mass is 224 g/mol. The van der Waals surface area contributed by atoms with E-state index in [0.717, 1.165) is 12.1 Å². The first-order valence-electron chi connectivity index (χ1n) is 4.71. The largest absolute Gasteiger partial charge is 0.219 e. The van der Waals surface area contributed by atoms with Crippen LogP contribution < -0.4 is 0 Å². The van der Waals surface area contributed by atoms with E-state index in [9.17, 15) is 4.39 Å². The molecular formula is C11H10ClFN2. The predicted molar refractivity (Wildman–Crippen MR) is 57.9 cm³/mol. The van der Waals surface area contributed by atoms with E-state index in [1.165, 1.54) is 10.7 Å². The third kappa shape index (κ3) is 1.88. The van der Waals surface area contributed by atoms with Crippen molar-refractivity contribution < 1.29 is 4.39 Å². The highest BCUT2D eigenvalue weighted by atomic mass is 35.5. The van der Waals surface area contributed by atoms with Gasteiger partial charge in [-0.15, -0.1) is 0 Å². The predicted octanol–water partition coefficient (Wildman–Crippen LogP) is 3.23. The third-order valence-corrected chi connectivity index (χ3v) is 2.43. The van der Waals surface area contributed by atoms with Gasteiger partial charge in [0.15, 0.2) is 0 Å². The number of rotatable bonds is 2. The second-order valence-electron chi connectivity index (χ2n) is 3.18. The Bertz CT molecular complexity index is 479. The van der Waals surface area contributed by atoms with Crippen LogP contribution in [0.25, 0.3) is 5.69 Å². The van der Waals surface area contributed by atoms with E-state index in [4.69, 9.17) is 11.6 Å². The Balaban J connectivity index is 2.54. The van der Waals surface area contributed by atoms with Gasteiger partial charge >= 0.3 is 0 Å². The summed E-state index contributed by atoms with van der Waals surface area (Å²) in [5, 5.41) is 4.63. The van der Waals surface area contributed by atoms with E-state index in [0.29, 0.717) is 10.8 Å². The molecule has 0 N–H and O–H groups in total. The zero-order valence-corrected chi connectivity index (χ0v) is 9.00. The Labute approximate surface area is 92.3 Å². The molecule has 0 bridgehead atoms. The highest BCUT2D eigenvalue weighted by molar-refractivity contribution is 6.29. The summed E-state index contributed by atoms with van der Waals surface area (Å²) >= 11 is 5.96. The van der Waals surface area contributed by atoms with Gasteiger partial charge in [0.05, 0.1) is 5.69 Å². The number of halogens is 2. The molecule has 0 aliphatic heterocycles. The topological polar surface area (TPSA) is 17.8 Å². The maximum absolute atomic E-state index is 13.4. The van der Waals surface area contributed by atoms with Crippen LogP contribution in [-0.4, -0.2) is 9.78 Å². The van der Waals surface area contributed by atoms with Crippen LogP contribution >= 0.6 is 11.6 Å². The summed E-state index contributed by atoms with van der Waals surface area (Å²) in [4.78, 5) is 0. The minimum atomic E-state index is -0.329. The van der Waals surface area contributed by atoms with Crippen LogP contribution in [0.1, 0.15) is 12.6 Å². The van der Waals surface area contributed by atoms with Crippen molar-refractivity contribution in [1.82, 2.24) is 9.78 Å². The van der Waals surface area contributed by atoms with Crippen molar-refractivity contribution in [2.75, 3.05) is 0 Å². The molecule has 0 spiro atoms. The fraction of sp³-hybridized carbons (Fsp3) is 0.182. The summed E-state index contributed by atoms with van der Waals surface area (Å²) in [5.74, 6) is -0.329. The molecule has 1 heterocycles. The molecule has 0 atom stereocenters. The molecule has 4 heteroatoms. The van der Waals surface area contributed by atoms with Crippen molar-refractivity contribution in [2.24, 2.45) is 0 Å². The van der Waals surface area contributed by atoms with Crippen molar-refractivity contribution in [3.8, 4) is 5.69 Å². The average molecular weight is 225 g/mol. The summed E-state index contributed by atoms with van der Waals surface area (Å²) in [7, 11) is 0. The van der Waals surface area contributed by atoms with Gasteiger partial charge in [0.1, 0.15) is 16.7 Å². The highest BCUT2D eigenvalue weighted by Crippen LogP contribution is 2.19. The number of aryl methyl sites for hydroxylation is 1. The lowest BCUT2D eigenvalue weighted by molar-refractivity contribution is 0.610. The quantitative estimate of drug-likeness (QED) is 0.766. The lowest BCUT2D eigenvalue weighted by Crippen LogP contribution is -2.00. The summed E-state index contributed by atoms with van der Waals surface area (Å²) in [6.45, 7) is 1.98. The Morgan fingerprint density at radius 3 is 2.73 bits per heavy atom. The Hall–Kier alpha value is -1.35. The maximum Gasteiger partial charge on any atom is 0.148 e. The van der Waals surface area contributed by atoms with Crippen LogP contribution in [0.3, 0.4) is 0 Å². The Morgan fingerprint density at radius 2 is 2.13 bits per heavy atom. The van der Waals surface area contributed by atoms with Crippen LogP contribution in [-0.2, 0) is 6.42 Å². The molecular weight excluding hydrogens is 215 g/mol. The SMILES string of the molecule is CCc1cc(Cl)n(-c2ccccc2F)n1. The van der Waals surface area contributed by atoms with Gasteiger partial charge in [0.25, 0.3) is 0 Å². The van der Waals surface area contributed by atoms with Crippen LogP contribution in [0, 0.1) is 5.82 Å². The van der Waals surface area contributed by atoms with E-state index in [2.05, 4.69) is 5.10 Å². The normalized spacial score (nSPS) is 10.6. The van der Waals surface area contributed by atoms with E-state index < -0.39 is 0 Å². The summed E-state index contributed by atoms with van der Waals surface area (Å²) in [6.07, 6.45) is 0.779. The van der Waals surface area contributed by atoms with E-state index in [-0.39, 0.29) is 5.82 Å². The van der Waals surface area contributed by atoms with Gasteiger partial charge < -0.3 is 0 Å². The van der Waals surface area contributed by atoms with Crippen molar-refractivity contribution in [3.63, 3.8) is 0 Å². The van der Waals surface area contributed by atoms with Crippen LogP contribution in [0.4, 0.5) is 4.39 Å². The smallest absolute Gasteiger partial charge is 0.148 e. The van der Waals surface area contributed by atoms with Gasteiger partial charge in [0, 0.05) is 0 Å². The molecule has 0 amide bonds. The zero-order valence-electron chi connectivity index (χ0n) is 8.24. The molecule has 0 fully saturated rings. The zero-order chi connectivity index (χ0) is 10.8. The standard InChI is InChI=1S/C11H10ClFN2/c1-2-8-7-11(12)15(14-8)10-6-4-3-5-9(10)13/h3-7H,2H2,1H3. The first-order chi connectivity index (χ1) is 7.22. The number of aromatic nitrogens is 2. The fourth-order valence-electron chi connectivity index (χ4n) is 1.37. The third-order valence-electron chi connectivity index (χ3n) is 2.16. The Morgan fingerprint density at radius 1 is 1.40 bits per heavy atom. The first kappa shape index (κ1) is 10.2. The molecule has 15 heavy (non-hydrogen) atoms. The molecule has 1 aromatic carbocycles.